The van der Waals surface area contributed by atoms with Gasteiger partial charge in [0.05, 0.1) is 7.11 Å². The van der Waals surface area contributed by atoms with Gasteiger partial charge < -0.3 is 20.1 Å². The lowest BCUT2D eigenvalue weighted by Gasteiger charge is -2.18. The van der Waals surface area contributed by atoms with E-state index in [1.54, 1.807) is 54.6 Å². The first-order valence-electron chi connectivity index (χ1n) is 9.27. The Morgan fingerprint density at radius 2 is 1.87 bits per heavy atom. The maximum atomic E-state index is 12.9. The molecule has 3 N–H and O–H groups in total. The minimum Gasteiger partial charge on any atom is -0.497 e. The van der Waals surface area contributed by atoms with E-state index in [2.05, 4.69) is 16.0 Å². The first-order chi connectivity index (χ1) is 14.5. The first-order valence-corrected chi connectivity index (χ1v) is 9.27. The molecule has 1 saturated heterocycles. The van der Waals surface area contributed by atoms with Crippen LogP contribution < -0.4 is 20.7 Å². The van der Waals surface area contributed by atoms with Gasteiger partial charge in [-0.1, -0.05) is 36.4 Å². The Morgan fingerprint density at radius 3 is 2.53 bits per heavy atom. The number of urea groups is 1. The van der Waals surface area contributed by atoms with Crippen molar-refractivity contribution in [1.82, 2.24) is 10.6 Å². The van der Waals surface area contributed by atoms with Crippen molar-refractivity contribution in [1.29, 1.82) is 0 Å². The smallest absolute Gasteiger partial charge is 0.322 e. The highest BCUT2D eigenvalue weighted by Crippen LogP contribution is 2.23. The van der Waals surface area contributed by atoms with E-state index in [4.69, 9.17) is 9.47 Å². The predicted molar refractivity (Wildman–Crippen MR) is 107 cm³/mol. The zero-order valence-corrected chi connectivity index (χ0v) is 16.2. The van der Waals surface area contributed by atoms with Crippen molar-refractivity contribution in [3.8, 4) is 5.75 Å². The lowest BCUT2D eigenvalue weighted by atomic mass is 10.1. The number of esters is 1. The van der Waals surface area contributed by atoms with E-state index < -0.39 is 36.0 Å². The number of methoxy groups -OCH3 is 1. The van der Waals surface area contributed by atoms with E-state index in [9.17, 15) is 19.2 Å². The predicted octanol–water partition coefficient (Wildman–Crippen LogP) is 1.91. The molecule has 0 saturated carbocycles. The van der Waals surface area contributed by atoms with Crippen LogP contribution in [0.15, 0.2) is 54.6 Å². The van der Waals surface area contributed by atoms with E-state index in [-0.39, 0.29) is 12.8 Å². The standard InChI is InChI=1S/C21H21N3O6/c1-29-15-9-5-8-14(12-15)22-20(27)18(13-6-3-2-4-7-13)30-17(25)11-10-16-19(26)24-21(28)23-16/h2-9,12,16,18H,10-11H2,1H3,(H,22,27)(H2,23,24,26,28). The molecule has 3 rings (SSSR count). The Balaban J connectivity index is 1.67. The van der Waals surface area contributed by atoms with Crippen molar-refractivity contribution in [2.24, 2.45) is 0 Å². The average Bonchev–Trinajstić information content (AvgIpc) is 3.08. The normalized spacial score (nSPS) is 16.2. The minimum atomic E-state index is -1.18. The summed E-state index contributed by atoms with van der Waals surface area (Å²) in [5.74, 6) is -1.13. The number of hydrogen-bond acceptors (Lipinski definition) is 6. The lowest BCUT2D eigenvalue weighted by Crippen LogP contribution is -2.30. The van der Waals surface area contributed by atoms with Crippen LogP contribution in [0.3, 0.4) is 0 Å². The number of hydrogen-bond donors (Lipinski definition) is 3. The molecule has 2 aromatic carbocycles. The largest absolute Gasteiger partial charge is 0.497 e. The molecule has 2 unspecified atom stereocenters. The summed E-state index contributed by atoms with van der Waals surface area (Å²) in [6, 6.07) is 14.0. The Bertz CT molecular complexity index is 947. The van der Waals surface area contributed by atoms with E-state index >= 15 is 0 Å². The zero-order valence-electron chi connectivity index (χ0n) is 16.2. The van der Waals surface area contributed by atoms with Crippen molar-refractivity contribution in [3.63, 3.8) is 0 Å². The maximum Gasteiger partial charge on any atom is 0.322 e. The van der Waals surface area contributed by atoms with Gasteiger partial charge in [-0.05, 0) is 18.6 Å². The van der Waals surface area contributed by atoms with Gasteiger partial charge in [0.15, 0.2) is 0 Å². The summed E-state index contributed by atoms with van der Waals surface area (Å²) in [7, 11) is 1.52. The van der Waals surface area contributed by atoms with E-state index in [1.165, 1.54) is 7.11 Å². The molecule has 1 aliphatic heterocycles. The lowest BCUT2D eigenvalue weighted by molar-refractivity contribution is -0.155. The van der Waals surface area contributed by atoms with E-state index in [0.29, 0.717) is 17.0 Å². The van der Waals surface area contributed by atoms with Crippen LogP contribution in [0.2, 0.25) is 0 Å². The van der Waals surface area contributed by atoms with Gasteiger partial charge in [0.25, 0.3) is 11.8 Å². The average molecular weight is 411 g/mol. The van der Waals surface area contributed by atoms with Crippen LogP contribution in [0.4, 0.5) is 10.5 Å². The molecule has 0 spiro atoms. The second-order valence-electron chi connectivity index (χ2n) is 6.56. The quantitative estimate of drug-likeness (QED) is 0.450. The number of carbonyl (C=O) groups is 4. The van der Waals surface area contributed by atoms with Gasteiger partial charge in [-0.25, -0.2) is 4.79 Å². The van der Waals surface area contributed by atoms with Gasteiger partial charge in [0.1, 0.15) is 11.8 Å². The molecule has 0 radical (unpaired) electrons. The number of rotatable bonds is 8. The van der Waals surface area contributed by atoms with Gasteiger partial charge in [-0.2, -0.15) is 0 Å². The van der Waals surface area contributed by atoms with Crippen LogP contribution in [0, 0.1) is 0 Å². The monoisotopic (exact) mass is 411 g/mol. The zero-order chi connectivity index (χ0) is 21.5. The molecule has 0 bridgehead atoms. The van der Waals surface area contributed by atoms with Crippen molar-refractivity contribution in [2.45, 2.75) is 25.0 Å². The van der Waals surface area contributed by atoms with Crippen LogP contribution in [0.5, 0.6) is 5.75 Å². The summed E-state index contributed by atoms with van der Waals surface area (Å²) in [5, 5.41) is 7.22. The highest BCUT2D eigenvalue weighted by atomic mass is 16.5. The summed E-state index contributed by atoms with van der Waals surface area (Å²) < 4.78 is 10.6. The number of nitrogens with one attached hydrogen (secondary N) is 3. The Hall–Kier alpha value is -3.88. The second kappa shape index (κ2) is 9.55. The molecule has 1 fully saturated rings. The van der Waals surface area contributed by atoms with Crippen LogP contribution in [0.1, 0.15) is 24.5 Å². The Morgan fingerprint density at radius 1 is 1.10 bits per heavy atom. The third kappa shape index (κ3) is 5.34. The molecule has 9 heteroatoms. The van der Waals surface area contributed by atoms with Crippen LogP contribution in [-0.4, -0.2) is 37.0 Å². The Kier molecular flexibility index (Phi) is 6.63. The number of amides is 4. The Labute approximate surface area is 172 Å². The SMILES string of the molecule is COc1cccc(NC(=O)C(OC(=O)CCC2NC(=O)NC2=O)c2ccccc2)c1. The molecule has 9 nitrogen and oxygen atoms in total. The third-order valence-electron chi connectivity index (χ3n) is 4.42. The summed E-state index contributed by atoms with van der Waals surface area (Å²) in [6.45, 7) is 0. The topological polar surface area (TPSA) is 123 Å². The number of carbonyl (C=O) groups excluding carboxylic acids is 4. The maximum absolute atomic E-state index is 12.9. The summed E-state index contributed by atoms with van der Waals surface area (Å²) in [4.78, 5) is 48.0. The molecule has 2 aromatic rings. The van der Waals surface area contributed by atoms with Crippen LogP contribution in [0.25, 0.3) is 0 Å². The fourth-order valence-electron chi connectivity index (χ4n) is 2.92. The molecular weight excluding hydrogens is 390 g/mol. The van der Waals surface area contributed by atoms with Crippen molar-refractivity contribution >= 4 is 29.5 Å². The highest BCUT2D eigenvalue weighted by Gasteiger charge is 2.31. The summed E-state index contributed by atoms with van der Waals surface area (Å²) in [6.07, 6.45) is -1.26. The first kappa shape index (κ1) is 20.8. The summed E-state index contributed by atoms with van der Waals surface area (Å²) in [5.41, 5.74) is 0.986. The summed E-state index contributed by atoms with van der Waals surface area (Å²) >= 11 is 0. The molecule has 0 aromatic heterocycles. The second-order valence-corrected chi connectivity index (χ2v) is 6.56. The number of anilines is 1. The fraction of sp³-hybridized carbons (Fsp3) is 0.238. The number of benzene rings is 2. The minimum absolute atomic E-state index is 0.0649. The molecule has 1 heterocycles. The third-order valence-corrected chi connectivity index (χ3v) is 4.42. The van der Waals surface area contributed by atoms with Crippen LogP contribution in [-0.2, 0) is 19.1 Å². The van der Waals surface area contributed by atoms with Crippen LogP contribution >= 0.6 is 0 Å². The van der Waals surface area contributed by atoms with Gasteiger partial charge in [0.2, 0.25) is 6.10 Å². The number of imide groups is 1. The number of ether oxygens (including phenoxy) is 2. The van der Waals surface area contributed by atoms with Gasteiger partial charge in [0, 0.05) is 23.7 Å². The molecular formula is C21H21N3O6. The van der Waals surface area contributed by atoms with Crippen molar-refractivity contribution in [3.05, 3.63) is 60.2 Å². The van der Waals surface area contributed by atoms with Gasteiger partial charge in [-0.15, -0.1) is 0 Å². The van der Waals surface area contributed by atoms with Gasteiger partial charge in [-0.3, -0.25) is 19.7 Å². The van der Waals surface area contributed by atoms with E-state index in [1.807, 2.05) is 0 Å². The molecule has 156 valence electrons. The molecule has 1 aliphatic rings. The molecule has 0 aliphatic carbocycles. The van der Waals surface area contributed by atoms with Crippen molar-refractivity contribution in [2.75, 3.05) is 12.4 Å². The fourth-order valence-corrected chi connectivity index (χ4v) is 2.92. The van der Waals surface area contributed by atoms with E-state index in [0.717, 1.165) is 0 Å². The molecule has 2 atom stereocenters. The molecule has 4 amide bonds. The molecule has 30 heavy (non-hydrogen) atoms. The highest BCUT2D eigenvalue weighted by molar-refractivity contribution is 6.04. The van der Waals surface area contributed by atoms with Gasteiger partial charge >= 0.3 is 12.0 Å². The van der Waals surface area contributed by atoms with Crippen molar-refractivity contribution < 1.29 is 28.7 Å².